The summed E-state index contributed by atoms with van der Waals surface area (Å²) < 4.78 is 10.6. The molecule has 0 saturated carbocycles. The van der Waals surface area contributed by atoms with Crippen LogP contribution in [-0.2, 0) is 4.79 Å². The van der Waals surface area contributed by atoms with Crippen LogP contribution in [0.15, 0.2) is 28.1 Å². The molecule has 1 aromatic rings. The van der Waals surface area contributed by atoms with E-state index in [1.807, 2.05) is 32.1 Å². The summed E-state index contributed by atoms with van der Waals surface area (Å²) in [6.45, 7) is 5.17. The fraction of sp³-hybridized carbons (Fsp3) is 0.375. The molecular weight excluding hydrogens is 300 g/mol. The monoisotopic (exact) mass is 320 g/mol. The molecule has 1 fully saturated rings. The van der Waals surface area contributed by atoms with Gasteiger partial charge in [-0.1, -0.05) is 0 Å². The second kappa shape index (κ2) is 7.35. The lowest BCUT2D eigenvalue weighted by molar-refractivity contribution is -0.122. The molecule has 1 aliphatic rings. The third-order valence-corrected chi connectivity index (χ3v) is 4.27. The van der Waals surface area contributed by atoms with E-state index in [9.17, 15) is 4.79 Å². The number of ether oxygens (including phenoxy) is 2. The van der Waals surface area contributed by atoms with Crippen molar-refractivity contribution in [3.8, 4) is 11.5 Å². The summed E-state index contributed by atoms with van der Waals surface area (Å²) in [5.74, 6) is 1.37. The summed E-state index contributed by atoms with van der Waals surface area (Å²) in [4.78, 5) is 19.2. The first-order valence-corrected chi connectivity index (χ1v) is 7.94. The summed E-state index contributed by atoms with van der Waals surface area (Å²) in [5.41, 5.74) is 0.841. The van der Waals surface area contributed by atoms with Gasteiger partial charge in [-0.3, -0.25) is 14.7 Å². The highest BCUT2D eigenvalue weighted by molar-refractivity contribution is 8.18. The zero-order valence-corrected chi connectivity index (χ0v) is 14.1. The molecule has 0 aromatic heterocycles. The number of hydrogen-bond acceptors (Lipinski definition) is 5. The van der Waals surface area contributed by atoms with Gasteiger partial charge in [0.2, 0.25) is 0 Å². The molecule has 0 aliphatic carbocycles. The largest absolute Gasteiger partial charge is 0.497 e. The van der Waals surface area contributed by atoms with E-state index >= 15 is 0 Å². The highest BCUT2D eigenvalue weighted by Crippen LogP contribution is 2.35. The van der Waals surface area contributed by atoms with Crippen LogP contribution in [0.3, 0.4) is 0 Å². The number of aliphatic imine (C=N–C) groups is 1. The normalized spacial score (nSPS) is 18.4. The first-order valence-electron chi connectivity index (χ1n) is 7.12. The Morgan fingerprint density at radius 2 is 2.05 bits per heavy atom. The Hall–Kier alpha value is -1.95. The Kier molecular flexibility index (Phi) is 5.49. The van der Waals surface area contributed by atoms with Gasteiger partial charge in [0.15, 0.2) is 5.17 Å². The van der Waals surface area contributed by atoms with E-state index in [1.165, 1.54) is 11.8 Å². The number of likely N-dealkylation sites (N-methyl/N-ethyl adjacent to an activating group) is 1. The Bertz CT molecular complexity index is 626. The summed E-state index contributed by atoms with van der Waals surface area (Å²) >= 11 is 1.40. The van der Waals surface area contributed by atoms with Gasteiger partial charge in [0.1, 0.15) is 11.5 Å². The van der Waals surface area contributed by atoms with Crippen LogP contribution in [0.2, 0.25) is 0 Å². The van der Waals surface area contributed by atoms with Crippen LogP contribution < -0.4 is 9.47 Å². The van der Waals surface area contributed by atoms with Gasteiger partial charge in [-0.15, -0.1) is 0 Å². The van der Waals surface area contributed by atoms with Crippen molar-refractivity contribution in [1.29, 1.82) is 0 Å². The number of methoxy groups -OCH3 is 2. The van der Waals surface area contributed by atoms with Crippen LogP contribution in [-0.4, -0.2) is 43.3 Å². The van der Waals surface area contributed by atoms with Gasteiger partial charge < -0.3 is 9.47 Å². The van der Waals surface area contributed by atoms with E-state index in [0.29, 0.717) is 29.5 Å². The Labute approximate surface area is 135 Å². The number of thioether (sulfide) groups is 1. The van der Waals surface area contributed by atoms with Gasteiger partial charge in [0.25, 0.3) is 5.91 Å². The lowest BCUT2D eigenvalue weighted by Crippen LogP contribution is -2.28. The van der Waals surface area contributed by atoms with Crippen molar-refractivity contribution >= 4 is 28.9 Å². The zero-order chi connectivity index (χ0) is 16.1. The minimum atomic E-state index is -0.0161. The first-order chi connectivity index (χ1) is 10.6. The first kappa shape index (κ1) is 16.4. The Balaban J connectivity index is 2.37. The minimum Gasteiger partial charge on any atom is -0.497 e. The number of carbonyl (C=O) groups excluding carboxylic acids is 1. The van der Waals surface area contributed by atoms with E-state index in [2.05, 4.69) is 4.99 Å². The molecular formula is C16H20N2O3S. The number of rotatable bonds is 5. The van der Waals surface area contributed by atoms with Crippen molar-refractivity contribution in [3.05, 3.63) is 28.7 Å². The maximum absolute atomic E-state index is 12.4. The van der Waals surface area contributed by atoms with Crippen molar-refractivity contribution in [2.45, 2.75) is 13.8 Å². The topological polar surface area (TPSA) is 51.1 Å². The third-order valence-electron chi connectivity index (χ3n) is 3.22. The number of benzene rings is 1. The van der Waals surface area contributed by atoms with Crippen LogP contribution >= 0.6 is 11.8 Å². The van der Waals surface area contributed by atoms with Gasteiger partial charge in [0, 0.05) is 24.7 Å². The van der Waals surface area contributed by atoms with Gasteiger partial charge in [-0.2, -0.15) is 0 Å². The van der Waals surface area contributed by atoms with E-state index in [4.69, 9.17) is 9.47 Å². The number of nitrogens with zero attached hydrogens (tertiary/aromatic N) is 2. The van der Waals surface area contributed by atoms with Crippen molar-refractivity contribution < 1.29 is 14.3 Å². The fourth-order valence-electron chi connectivity index (χ4n) is 2.12. The van der Waals surface area contributed by atoms with Crippen LogP contribution in [0.5, 0.6) is 11.5 Å². The molecule has 2 rings (SSSR count). The molecule has 1 amide bonds. The molecule has 1 aromatic carbocycles. The van der Waals surface area contributed by atoms with Crippen molar-refractivity contribution in [2.24, 2.45) is 4.99 Å². The van der Waals surface area contributed by atoms with Crippen molar-refractivity contribution in [3.63, 3.8) is 0 Å². The Morgan fingerprint density at radius 3 is 2.64 bits per heavy atom. The maximum atomic E-state index is 12.4. The number of amidine groups is 1. The molecule has 0 radical (unpaired) electrons. The van der Waals surface area contributed by atoms with Gasteiger partial charge in [-0.25, -0.2) is 0 Å². The SMILES string of the molecule is CCN=C1SC(=Cc2ccc(OC)cc2OC)C(=O)N1CC. The van der Waals surface area contributed by atoms with Crippen molar-refractivity contribution in [2.75, 3.05) is 27.3 Å². The van der Waals surface area contributed by atoms with Crippen LogP contribution in [0.4, 0.5) is 0 Å². The molecule has 0 N–H and O–H groups in total. The average Bonchev–Trinajstić information content (AvgIpc) is 2.83. The third kappa shape index (κ3) is 3.27. The summed E-state index contributed by atoms with van der Waals surface area (Å²) in [6.07, 6.45) is 1.84. The molecule has 0 unspecified atom stereocenters. The second-order valence-electron chi connectivity index (χ2n) is 4.52. The molecule has 0 atom stereocenters. The predicted molar refractivity (Wildman–Crippen MR) is 90.5 cm³/mol. The van der Waals surface area contributed by atoms with E-state index in [-0.39, 0.29) is 5.91 Å². The van der Waals surface area contributed by atoms with E-state index in [1.54, 1.807) is 25.2 Å². The molecule has 22 heavy (non-hydrogen) atoms. The van der Waals surface area contributed by atoms with Crippen molar-refractivity contribution in [1.82, 2.24) is 4.90 Å². The molecule has 1 aliphatic heterocycles. The highest BCUT2D eigenvalue weighted by atomic mass is 32.2. The highest BCUT2D eigenvalue weighted by Gasteiger charge is 2.32. The molecule has 6 heteroatoms. The van der Waals surface area contributed by atoms with Gasteiger partial charge in [-0.05, 0) is 43.8 Å². The van der Waals surface area contributed by atoms with Crippen LogP contribution in [0, 0.1) is 0 Å². The summed E-state index contributed by atoms with van der Waals surface area (Å²) in [5, 5.41) is 0.758. The maximum Gasteiger partial charge on any atom is 0.266 e. The molecule has 1 saturated heterocycles. The summed E-state index contributed by atoms with van der Waals surface area (Å²) in [7, 11) is 3.21. The van der Waals surface area contributed by atoms with Gasteiger partial charge >= 0.3 is 0 Å². The van der Waals surface area contributed by atoms with Gasteiger partial charge in [0.05, 0.1) is 19.1 Å². The summed E-state index contributed by atoms with van der Waals surface area (Å²) in [6, 6.07) is 5.52. The number of amides is 1. The molecule has 1 heterocycles. The molecule has 0 spiro atoms. The smallest absolute Gasteiger partial charge is 0.266 e. The molecule has 118 valence electrons. The zero-order valence-electron chi connectivity index (χ0n) is 13.3. The quantitative estimate of drug-likeness (QED) is 0.783. The number of carbonyl (C=O) groups is 1. The second-order valence-corrected chi connectivity index (χ2v) is 5.53. The van der Waals surface area contributed by atoms with Crippen LogP contribution in [0.1, 0.15) is 19.4 Å². The Morgan fingerprint density at radius 1 is 1.27 bits per heavy atom. The minimum absolute atomic E-state index is 0.0161. The fourth-order valence-corrected chi connectivity index (χ4v) is 3.21. The predicted octanol–water partition coefficient (Wildman–Crippen LogP) is 3.02. The molecule has 5 nitrogen and oxygen atoms in total. The lowest BCUT2D eigenvalue weighted by atomic mass is 10.1. The lowest BCUT2D eigenvalue weighted by Gasteiger charge is -2.11. The number of hydrogen-bond donors (Lipinski definition) is 0. The average molecular weight is 320 g/mol. The van der Waals surface area contributed by atoms with E-state index < -0.39 is 0 Å². The molecule has 0 bridgehead atoms. The van der Waals surface area contributed by atoms with E-state index in [0.717, 1.165) is 10.7 Å². The standard InChI is InChI=1S/C16H20N2O3S/c1-5-17-16-18(6-2)15(19)14(22-16)9-11-7-8-12(20-3)10-13(11)21-4/h7-10H,5-6H2,1-4H3. The van der Waals surface area contributed by atoms with Crippen LogP contribution in [0.25, 0.3) is 6.08 Å².